The lowest BCUT2D eigenvalue weighted by atomic mass is 10.1. The largest absolute Gasteiger partial charge is 0.356 e. The molecular formula is C30H29N2O2+. The number of hydrogen-bond donors (Lipinski definition) is 0. The number of nitrogens with zero attached hydrogens (tertiary/aromatic N) is 2. The van der Waals surface area contributed by atoms with E-state index in [1.54, 1.807) is 0 Å². The summed E-state index contributed by atoms with van der Waals surface area (Å²) in [6.45, 7) is 5.00. The van der Waals surface area contributed by atoms with Crippen molar-refractivity contribution in [1.29, 1.82) is 0 Å². The van der Waals surface area contributed by atoms with Gasteiger partial charge in [-0.1, -0.05) is 90.0 Å². The summed E-state index contributed by atoms with van der Waals surface area (Å²) in [7, 11) is 0. The number of aromatic nitrogens is 1. The number of Topliss-reactive ketones (excluding diaryl/α,β-unsaturated/α-hetero) is 2. The van der Waals surface area contributed by atoms with E-state index in [1.165, 1.54) is 5.56 Å². The lowest BCUT2D eigenvalue weighted by Gasteiger charge is -2.23. The minimum atomic E-state index is -0.0160. The van der Waals surface area contributed by atoms with E-state index in [9.17, 15) is 9.59 Å². The molecule has 0 aliphatic rings. The van der Waals surface area contributed by atoms with Crippen molar-refractivity contribution < 1.29 is 14.2 Å². The molecule has 4 heteroatoms. The first kappa shape index (κ1) is 23.1. The van der Waals surface area contributed by atoms with Gasteiger partial charge >= 0.3 is 0 Å². The van der Waals surface area contributed by atoms with Crippen molar-refractivity contribution in [2.24, 2.45) is 0 Å². The Labute approximate surface area is 201 Å². The zero-order valence-corrected chi connectivity index (χ0v) is 19.6. The predicted octanol–water partition coefficient (Wildman–Crippen LogP) is 5.21. The maximum atomic E-state index is 13.1. The molecule has 0 aliphatic heterocycles. The molecule has 4 nitrogen and oxygen atoms in total. The van der Waals surface area contributed by atoms with Crippen LogP contribution in [0.25, 0.3) is 0 Å². The number of carbonyl (C=O) groups is 2. The van der Waals surface area contributed by atoms with Gasteiger partial charge in [0.15, 0.2) is 30.5 Å². The van der Waals surface area contributed by atoms with Crippen molar-refractivity contribution in [1.82, 2.24) is 0 Å². The molecule has 4 rings (SSSR count). The molecule has 1 aromatic heterocycles. The molecule has 0 atom stereocenters. The Morgan fingerprint density at radius 3 is 1.59 bits per heavy atom. The lowest BCUT2D eigenvalue weighted by molar-refractivity contribution is -0.688. The van der Waals surface area contributed by atoms with E-state index < -0.39 is 0 Å². The second-order valence-corrected chi connectivity index (χ2v) is 8.65. The zero-order valence-electron chi connectivity index (χ0n) is 19.6. The van der Waals surface area contributed by atoms with E-state index in [4.69, 9.17) is 0 Å². The molecule has 0 unspecified atom stereocenters. The zero-order chi connectivity index (χ0) is 23.9. The fourth-order valence-electron chi connectivity index (χ4n) is 3.81. The third-order valence-electron chi connectivity index (χ3n) is 5.86. The Bertz CT molecular complexity index is 1190. The SMILES string of the molecule is Cc1ccc(C(=O)CN(CC(=O)c2ccc(C)cc2)c2cc[n+](Cc3ccccc3)cc2)cc1. The van der Waals surface area contributed by atoms with Crippen LogP contribution < -0.4 is 9.47 Å². The Balaban J connectivity index is 1.55. The third kappa shape index (κ3) is 6.04. The van der Waals surface area contributed by atoms with Gasteiger partial charge < -0.3 is 4.90 Å². The number of pyridine rings is 1. The van der Waals surface area contributed by atoms with Crippen molar-refractivity contribution in [3.63, 3.8) is 0 Å². The van der Waals surface area contributed by atoms with Crippen molar-refractivity contribution in [3.05, 3.63) is 131 Å². The van der Waals surface area contributed by atoms with Crippen LogP contribution in [0.2, 0.25) is 0 Å². The van der Waals surface area contributed by atoms with Crippen LogP contribution in [-0.4, -0.2) is 24.7 Å². The lowest BCUT2D eigenvalue weighted by Crippen LogP contribution is -2.37. The first-order valence-corrected chi connectivity index (χ1v) is 11.5. The molecule has 1 heterocycles. The minimum Gasteiger partial charge on any atom is -0.356 e. The first-order chi connectivity index (χ1) is 16.5. The highest BCUT2D eigenvalue weighted by molar-refractivity contribution is 6.02. The summed E-state index contributed by atoms with van der Waals surface area (Å²) in [5.74, 6) is -0.0320. The monoisotopic (exact) mass is 449 g/mol. The van der Waals surface area contributed by atoms with Crippen LogP contribution in [0.3, 0.4) is 0 Å². The quantitative estimate of drug-likeness (QED) is 0.260. The number of aryl methyl sites for hydroxylation is 2. The molecule has 0 aliphatic carbocycles. The summed E-state index contributed by atoms with van der Waals surface area (Å²) in [6, 6.07) is 29.3. The fourth-order valence-corrected chi connectivity index (χ4v) is 3.81. The van der Waals surface area contributed by atoms with Gasteiger partial charge in [-0.2, -0.15) is 0 Å². The standard InChI is InChI=1S/C30H29N2O2/c1-23-8-12-26(13-9-23)29(33)21-32(22-30(34)27-14-10-24(2)11-15-27)28-16-18-31(19-17-28)20-25-6-4-3-5-7-25/h3-19H,20-22H2,1-2H3/q+1. The highest BCUT2D eigenvalue weighted by atomic mass is 16.1. The summed E-state index contributed by atoms with van der Waals surface area (Å²) in [5.41, 5.74) is 5.55. The van der Waals surface area contributed by atoms with Gasteiger partial charge in [-0.25, -0.2) is 4.57 Å². The highest BCUT2D eigenvalue weighted by Gasteiger charge is 2.19. The molecule has 0 radical (unpaired) electrons. The van der Waals surface area contributed by atoms with Gasteiger partial charge in [-0.15, -0.1) is 0 Å². The Hall–Kier alpha value is -4.05. The Morgan fingerprint density at radius 1 is 0.647 bits per heavy atom. The number of hydrogen-bond acceptors (Lipinski definition) is 3. The average Bonchev–Trinajstić information content (AvgIpc) is 2.85. The Kier molecular flexibility index (Phi) is 7.28. The number of anilines is 1. The van der Waals surface area contributed by atoms with Crippen LogP contribution in [0.4, 0.5) is 5.69 Å². The molecule has 0 bridgehead atoms. The van der Waals surface area contributed by atoms with Crippen molar-refractivity contribution in [3.8, 4) is 0 Å². The molecule has 34 heavy (non-hydrogen) atoms. The van der Waals surface area contributed by atoms with Gasteiger partial charge in [0, 0.05) is 34.5 Å². The summed E-state index contributed by atoms with van der Waals surface area (Å²) < 4.78 is 2.08. The molecule has 0 N–H and O–H groups in total. The van der Waals surface area contributed by atoms with Crippen molar-refractivity contribution in [2.45, 2.75) is 20.4 Å². The molecule has 0 fully saturated rings. The fraction of sp³-hybridized carbons (Fsp3) is 0.167. The van der Waals surface area contributed by atoms with Gasteiger partial charge in [-0.05, 0) is 13.8 Å². The average molecular weight is 450 g/mol. The van der Waals surface area contributed by atoms with Gasteiger partial charge in [0.1, 0.15) is 0 Å². The number of rotatable bonds is 9. The van der Waals surface area contributed by atoms with Crippen molar-refractivity contribution in [2.75, 3.05) is 18.0 Å². The normalized spacial score (nSPS) is 10.6. The van der Waals surface area contributed by atoms with E-state index in [0.29, 0.717) is 11.1 Å². The minimum absolute atomic E-state index is 0.0160. The smallest absolute Gasteiger partial charge is 0.182 e. The molecule has 0 saturated heterocycles. The van der Waals surface area contributed by atoms with Gasteiger partial charge in [0.05, 0.1) is 13.1 Å². The second-order valence-electron chi connectivity index (χ2n) is 8.65. The van der Waals surface area contributed by atoms with E-state index in [-0.39, 0.29) is 24.7 Å². The number of benzene rings is 3. The first-order valence-electron chi connectivity index (χ1n) is 11.5. The third-order valence-corrected chi connectivity index (χ3v) is 5.86. The van der Waals surface area contributed by atoms with Crippen LogP contribution in [0.15, 0.2) is 103 Å². The summed E-state index contributed by atoms with van der Waals surface area (Å²) in [5, 5.41) is 0. The molecule has 0 spiro atoms. The van der Waals surface area contributed by atoms with Crippen LogP contribution in [0.1, 0.15) is 37.4 Å². The number of carbonyl (C=O) groups excluding carboxylic acids is 2. The molecule has 170 valence electrons. The van der Waals surface area contributed by atoms with Crippen molar-refractivity contribution >= 4 is 17.3 Å². The van der Waals surface area contributed by atoms with Gasteiger partial charge in [0.2, 0.25) is 0 Å². The topological polar surface area (TPSA) is 41.3 Å². The highest BCUT2D eigenvalue weighted by Crippen LogP contribution is 2.16. The predicted molar refractivity (Wildman–Crippen MR) is 135 cm³/mol. The van der Waals surface area contributed by atoms with Crippen LogP contribution in [-0.2, 0) is 6.54 Å². The van der Waals surface area contributed by atoms with E-state index in [2.05, 4.69) is 16.7 Å². The van der Waals surface area contributed by atoms with E-state index in [0.717, 1.165) is 23.4 Å². The molecule has 4 aromatic rings. The van der Waals surface area contributed by atoms with E-state index in [1.807, 2.05) is 110 Å². The van der Waals surface area contributed by atoms with Gasteiger partial charge in [0.25, 0.3) is 0 Å². The molecule has 3 aromatic carbocycles. The maximum absolute atomic E-state index is 13.1. The van der Waals surface area contributed by atoms with Crippen LogP contribution >= 0.6 is 0 Å². The summed E-state index contributed by atoms with van der Waals surface area (Å²) >= 11 is 0. The molecular weight excluding hydrogens is 420 g/mol. The molecule has 0 amide bonds. The molecule has 0 saturated carbocycles. The summed E-state index contributed by atoms with van der Waals surface area (Å²) in [4.78, 5) is 28.0. The number of ketones is 2. The Morgan fingerprint density at radius 2 is 1.12 bits per heavy atom. The second kappa shape index (κ2) is 10.7. The van der Waals surface area contributed by atoms with Gasteiger partial charge in [-0.3, -0.25) is 9.59 Å². The van der Waals surface area contributed by atoms with Crippen LogP contribution in [0, 0.1) is 13.8 Å². The van der Waals surface area contributed by atoms with Crippen LogP contribution in [0.5, 0.6) is 0 Å². The maximum Gasteiger partial charge on any atom is 0.182 e. The summed E-state index contributed by atoms with van der Waals surface area (Å²) in [6.07, 6.45) is 3.98. The van der Waals surface area contributed by atoms with E-state index >= 15 is 0 Å².